The highest BCUT2D eigenvalue weighted by Crippen LogP contribution is 2.26. The second kappa shape index (κ2) is 8.97. The molecule has 0 fully saturated rings. The fourth-order valence-corrected chi connectivity index (χ4v) is 5.40. The first-order valence-corrected chi connectivity index (χ1v) is 11.4. The van der Waals surface area contributed by atoms with Gasteiger partial charge >= 0.3 is 21.2 Å². The number of ketones is 2. The zero-order valence-corrected chi connectivity index (χ0v) is 17.7. The number of carbonyl (C=O) groups excluding carboxylic acids is 2. The molecule has 0 unspecified atom stereocenters. The molecule has 140 valence electrons. The fraction of sp³-hybridized carbons (Fsp3) is 0. The topological polar surface area (TPSA) is 34.1 Å². The van der Waals surface area contributed by atoms with E-state index in [0.717, 1.165) is 0 Å². The van der Waals surface area contributed by atoms with Crippen molar-refractivity contribution >= 4 is 11.6 Å². The maximum atomic E-state index is 12.1. The molecule has 0 heterocycles. The van der Waals surface area contributed by atoms with E-state index in [2.05, 4.69) is 60.7 Å². The molecule has 4 aromatic carbocycles. The number of fused-ring (bicyclic) bond motifs is 2. The molecular weight excluding hydrogens is 471 g/mol. The number of halogens is 1. The molecule has 0 aliphatic heterocycles. The average molecular weight is 489 g/mol. The van der Waals surface area contributed by atoms with Gasteiger partial charge in [0.15, 0.2) is 18.7 Å². The second-order valence-electron chi connectivity index (χ2n) is 6.44. The third-order valence-corrected chi connectivity index (χ3v) is 7.20. The summed E-state index contributed by atoms with van der Waals surface area (Å²) in [6, 6.07) is 35.3. The van der Waals surface area contributed by atoms with Crippen LogP contribution in [0.2, 0.25) is 0 Å². The Bertz CT molecular complexity index is 1010. The first-order valence-electron chi connectivity index (χ1n) is 9.26. The third-order valence-electron chi connectivity index (χ3n) is 4.52. The summed E-state index contributed by atoms with van der Waals surface area (Å²) in [5, 5.41) is 0. The van der Waals surface area contributed by atoms with Crippen LogP contribution in [0.4, 0.5) is 0 Å². The Morgan fingerprint density at radius 3 is 0.966 bits per heavy atom. The Hall–Kier alpha value is -3.05. The SMILES string of the molecule is O=C1c2ccccc2C(=O)c2ccccc21.c1ccc([I+]c2ccccc2)cc1. The van der Waals surface area contributed by atoms with Crippen molar-refractivity contribution in [3.05, 3.63) is 139 Å². The van der Waals surface area contributed by atoms with E-state index >= 15 is 0 Å². The van der Waals surface area contributed by atoms with Crippen molar-refractivity contribution in [1.29, 1.82) is 0 Å². The smallest absolute Gasteiger partial charge is 0.289 e. The zero-order valence-electron chi connectivity index (χ0n) is 15.6. The third kappa shape index (κ3) is 4.35. The lowest BCUT2D eigenvalue weighted by molar-refractivity contribution is -0.597. The molecule has 3 heteroatoms. The van der Waals surface area contributed by atoms with Crippen molar-refractivity contribution in [3.63, 3.8) is 0 Å². The lowest BCUT2D eigenvalue weighted by atomic mass is 9.84. The molecule has 0 saturated heterocycles. The molecule has 5 rings (SSSR count). The van der Waals surface area contributed by atoms with Crippen LogP contribution in [0.1, 0.15) is 31.8 Å². The summed E-state index contributed by atoms with van der Waals surface area (Å²) in [7, 11) is 0. The summed E-state index contributed by atoms with van der Waals surface area (Å²) in [4.78, 5) is 24.2. The van der Waals surface area contributed by atoms with Crippen LogP contribution < -0.4 is 21.2 Å². The van der Waals surface area contributed by atoms with Gasteiger partial charge in [-0.3, -0.25) is 9.59 Å². The molecule has 0 amide bonds. The quantitative estimate of drug-likeness (QED) is 0.357. The minimum absolute atomic E-state index is 0.0287. The summed E-state index contributed by atoms with van der Waals surface area (Å²) in [5.74, 6) is -0.128. The van der Waals surface area contributed by atoms with Gasteiger partial charge in [0.1, 0.15) is 0 Å². The van der Waals surface area contributed by atoms with Crippen LogP contribution in [0, 0.1) is 7.14 Å². The highest BCUT2D eigenvalue weighted by Gasteiger charge is 2.28. The van der Waals surface area contributed by atoms with E-state index in [1.54, 1.807) is 48.5 Å². The van der Waals surface area contributed by atoms with Crippen molar-refractivity contribution in [2.24, 2.45) is 0 Å². The van der Waals surface area contributed by atoms with Crippen molar-refractivity contribution in [2.75, 3.05) is 0 Å². The minimum Gasteiger partial charge on any atom is -0.289 e. The number of hydrogen-bond acceptors (Lipinski definition) is 2. The Morgan fingerprint density at radius 1 is 0.379 bits per heavy atom. The van der Waals surface area contributed by atoms with Crippen LogP contribution in [-0.4, -0.2) is 11.6 Å². The lowest BCUT2D eigenvalue weighted by Gasteiger charge is -2.16. The molecule has 0 atom stereocenters. The molecule has 29 heavy (non-hydrogen) atoms. The molecule has 2 nitrogen and oxygen atoms in total. The van der Waals surface area contributed by atoms with Crippen LogP contribution in [0.5, 0.6) is 0 Å². The molecular formula is C26H18IO2+. The number of benzene rings is 4. The Kier molecular flexibility index (Phi) is 5.96. The van der Waals surface area contributed by atoms with Gasteiger partial charge in [0, 0.05) is 22.3 Å². The Balaban J connectivity index is 0.000000145. The highest BCUT2D eigenvalue weighted by atomic mass is 127. The van der Waals surface area contributed by atoms with Gasteiger partial charge in [-0.15, -0.1) is 0 Å². The van der Waals surface area contributed by atoms with Gasteiger partial charge in [0.2, 0.25) is 0 Å². The minimum atomic E-state index is -0.0641. The number of hydrogen-bond donors (Lipinski definition) is 0. The van der Waals surface area contributed by atoms with Gasteiger partial charge in [-0.2, -0.15) is 0 Å². The second-order valence-corrected chi connectivity index (χ2v) is 9.47. The molecule has 0 aromatic heterocycles. The van der Waals surface area contributed by atoms with E-state index in [1.165, 1.54) is 7.14 Å². The van der Waals surface area contributed by atoms with Crippen molar-refractivity contribution in [3.8, 4) is 0 Å². The van der Waals surface area contributed by atoms with Crippen molar-refractivity contribution < 1.29 is 30.8 Å². The highest BCUT2D eigenvalue weighted by molar-refractivity contribution is 6.28. The number of rotatable bonds is 2. The van der Waals surface area contributed by atoms with Crippen LogP contribution in [-0.2, 0) is 0 Å². The van der Waals surface area contributed by atoms with Gasteiger partial charge in [-0.25, -0.2) is 0 Å². The van der Waals surface area contributed by atoms with Crippen molar-refractivity contribution in [1.82, 2.24) is 0 Å². The summed E-state index contributed by atoms with van der Waals surface area (Å²) in [6.45, 7) is 0. The molecule has 0 N–H and O–H groups in total. The summed E-state index contributed by atoms with van der Waals surface area (Å²) in [6.07, 6.45) is 0. The van der Waals surface area contributed by atoms with Crippen LogP contribution in [0.25, 0.3) is 0 Å². The molecule has 0 radical (unpaired) electrons. The molecule has 0 saturated carbocycles. The van der Waals surface area contributed by atoms with E-state index in [1.807, 2.05) is 0 Å². The maximum Gasteiger partial charge on any atom is 0.357 e. The zero-order chi connectivity index (χ0) is 20.1. The largest absolute Gasteiger partial charge is 0.357 e. The molecule has 1 aliphatic carbocycles. The predicted octanol–water partition coefficient (Wildman–Crippen LogP) is 2.28. The molecule has 0 spiro atoms. The average Bonchev–Trinajstić information content (AvgIpc) is 2.79. The van der Waals surface area contributed by atoms with E-state index in [-0.39, 0.29) is 32.8 Å². The standard InChI is InChI=1S/C14H8O2.C12H10I/c15-13-9-5-1-2-6-10(9)14(16)12-8-4-3-7-11(12)13;1-3-7-11(8-4-1)13-12-9-5-2-6-10-12/h1-8H;1-10H/q;+1. The van der Waals surface area contributed by atoms with Crippen molar-refractivity contribution in [2.45, 2.75) is 0 Å². The Labute approximate surface area is 180 Å². The van der Waals surface area contributed by atoms with Gasteiger partial charge < -0.3 is 0 Å². The molecule has 4 aromatic rings. The number of carbonyl (C=O) groups is 2. The summed E-state index contributed by atoms with van der Waals surface area (Å²) >= 11 is 0.0287. The summed E-state index contributed by atoms with van der Waals surface area (Å²) < 4.78 is 2.96. The van der Waals surface area contributed by atoms with E-state index < -0.39 is 0 Å². The lowest BCUT2D eigenvalue weighted by Crippen LogP contribution is -3.61. The summed E-state index contributed by atoms with van der Waals surface area (Å²) in [5.41, 5.74) is 2.02. The Morgan fingerprint density at radius 2 is 0.655 bits per heavy atom. The van der Waals surface area contributed by atoms with Crippen LogP contribution in [0.15, 0.2) is 109 Å². The van der Waals surface area contributed by atoms with E-state index in [9.17, 15) is 9.59 Å². The maximum absolute atomic E-state index is 12.1. The van der Waals surface area contributed by atoms with E-state index in [0.29, 0.717) is 22.3 Å². The molecule has 1 aliphatic rings. The van der Waals surface area contributed by atoms with Gasteiger partial charge in [0.25, 0.3) is 0 Å². The normalized spacial score (nSPS) is 11.7. The van der Waals surface area contributed by atoms with Gasteiger partial charge in [-0.05, 0) is 24.3 Å². The monoisotopic (exact) mass is 489 g/mol. The van der Waals surface area contributed by atoms with Gasteiger partial charge in [-0.1, -0.05) is 84.9 Å². The first-order chi connectivity index (χ1) is 14.2. The predicted molar refractivity (Wildman–Crippen MR) is 110 cm³/mol. The fourth-order valence-electron chi connectivity index (χ4n) is 3.13. The van der Waals surface area contributed by atoms with Crippen LogP contribution >= 0.6 is 0 Å². The van der Waals surface area contributed by atoms with Gasteiger partial charge in [0.05, 0.1) is 0 Å². The van der Waals surface area contributed by atoms with Crippen LogP contribution in [0.3, 0.4) is 0 Å². The first kappa shape index (κ1) is 19.3. The molecule has 0 bridgehead atoms. The van der Waals surface area contributed by atoms with E-state index in [4.69, 9.17) is 0 Å².